The second-order valence-corrected chi connectivity index (χ2v) is 4.51. The Hall–Kier alpha value is -2.01. The maximum Gasteiger partial charge on any atom is 0.269 e. The molecule has 0 spiro atoms. The Bertz CT molecular complexity index is 540. The molecule has 0 aromatic heterocycles. The molecule has 0 amide bonds. The summed E-state index contributed by atoms with van der Waals surface area (Å²) < 4.78 is 0. The average Bonchev–Trinajstić information content (AvgIpc) is 2.33. The maximum absolute atomic E-state index is 10.5. The lowest BCUT2D eigenvalue weighted by atomic mass is 10.3. The molecule has 0 fully saturated rings. The number of nitro groups is 1. The number of nitro benzene ring substituents is 1. The van der Waals surface area contributed by atoms with Gasteiger partial charge in [0.1, 0.15) is 0 Å². The molecule has 0 unspecified atom stereocenters. The fraction of sp³-hybridized carbons (Fsp3) is 0. The molecular weight excluding hydrogens is 236 g/mol. The van der Waals surface area contributed by atoms with Gasteiger partial charge in [-0.3, -0.25) is 10.1 Å². The summed E-state index contributed by atoms with van der Waals surface area (Å²) in [5.41, 5.74) is 6.61. The number of para-hydroxylation sites is 1. The highest BCUT2D eigenvalue weighted by Crippen LogP contribution is 2.32. The molecule has 0 aliphatic carbocycles. The lowest BCUT2D eigenvalue weighted by Crippen LogP contribution is -1.88. The van der Waals surface area contributed by atoms with Gasteiger partial charge in [0.05, 0.1) is 4.92 Å². The number of rotatable bonds is 3. The second kappa shape index (κ2) is 4.88. The Morgan fingerprint density at radius 3 is 2.29 bits per heavy atom. The van der Waals surface area contributed by atoms with Crippen molar-refractivity contribution in [3.63, 3.8) is 0 Å². The molecule has 0 saturated carbocycles. The van der Waals surface area contributed by atoms with Crippen LogP contribution >= 0.6 is 11.8 Å². The van der Waals surface area contributed by atoms with Gasteiger partial charge in [-0.25, -0.2) is 0 Å². The van der Waals surface area contributed by atoms with Crippen molar-refractivity contribution in [2.24, 2.45) is 0 Å². The molecule has 0 radical (unpaired) electrons. The number of benzene rings is 2. The molecule has 0 heterocycles. The second-order valence-electron chi connectivity index (χ2n) is 3.39. The van der Waals surface area contributed by atoms with Crippen LogP contribution in [0.25, 0.3) is 0 Å². The van der Waals surface area contributed by atoms with Crippen molar-refractivity contribution in [3.8, 4) is 0 Å². The topological polar surface area (TPSA) is 69.2 Å². The Morgan fingerprint density at radius 1 is 1.06 bits per heavy atom. The van der Waals surface area contributed by atoms with Crippen LogP contribution in [0.1, 0.15) is 0 Å². The van der Waals surface area contributed by atoms with Gasteiger partial charge in [0.25, 0.3) is 5.69 Å². The SMILES string of the molecule is Nc1ccccc1Sc1ccc([N+](=O)[O-])cc1. The number of nitrogen functional groups attached to an aromatic ring is 1. The van der Waals surface area contributed by atoms with Crippen molar-refractivity contribution in [2.45, 2.75) is 9.79 Å². The Kier molecular flexibility index (Phi) is 3.30. The van der Waals surface area contributed by atoms with Gasteiger partial charge in [-0.2, -0.15) is 0 Å². The molecule has 2 aromatic rings. The molecule has 17 heavy (non-hydrogen) atoms. The number of anilines is 1. The van der Waals surface area contributed by atoms with Gasteiger partial charge in [-0.15, -0.1) is 0 Å². The largest absolute Gasteiger partial charge is 0.398 e. The number of nitrogens with zero attached hydrogens (tertiary/aromatic N) is 1. The summed E-state index contributed by atoms with van der Waals surface area (Å²) >= 11 is 1.49. The summed E-state index contributed by atoms with van der Waals surface area (Å²) in [6, 6.07) is 13.9. The Labute approximate surface area is 103 Å². The van der Waals surface area contributed by atoms with E-state index in [1.807, 2.05) is 24.3 Å². The van der Waals surface area contributed by atoms with Crippen LogP contribution in [0.4, 0.5) is 11.4 Å². The van der Waals surface area contributed by atoms with Crippen molar-refractivity contribution in [1.82, 2.24) is 0 Å². The minimum atomic E-state index is -0.411. The first-order valence-corrected chi connectivity index (χ1v) is 5.75. The van der Waals surface area contributed by atoms with Gasteiger partial charge in [-0.05, 0) is 24.3 Å². The van der Waals surface area contributed by atoms with Gasteiger partial charge >= 0.3 is 0 Å². The minimum Gasteiger partial charge on any atom is -0.398 e. The van der Waals surface area contributed by atoms with Gasteiger partial charge in [-0.1, -0.05) is 23.9 Å². The summed E-state index contributed by atoms with van der Waals surface area (Å²) in [6.45, 7) is 0. The van der Waals surface area contributed by atoms with E-state index in [2.05, 4.69) is 0 Å². The minimum absolute atomic E-state index is 0.0929. The summed E-state index contributed by atoms with van der Waals surface area (Å²) in [5, 5.41) is 10.5. The van der Waals surface area contributed by atoms with E-state index < -0.39 is 4.92 Å². The highest BCUT2D eigenvalue weighted by atomic mass is 32.2. The van der Waals surface area contributed by atoms with E-state index in [1.165, 1.54) is 23.9 Å². The summed E-state index contributed by atoms with van der Waals surface area (Å²) in [6.07, 6.45) is 0. The van der Waals surface area contributed by atoms with Gasteiger partial charge in [0.15, 0.2) is 0 Å². The zero-order valence-corrected chi connectivity index (χ0v) is 9.68. The molecule has 2 aromatic carbocycles. The molecule has 2 rings (SSSR count). The third kappa shape index (κ3) is 2.76. The third-order valence-corrected chi connectivity index (χ3v) is 3.29. The molecule has 0 atom stereocenters. The van der Waals surface area contributed by atoms with Crippen LogP contribution in [-0.2, 0) is 0 Å². The first-order valence-electron chi connectivity index (χ1n) is 4.93. The first kappa shape index (κ1) is 11.5. The van der Waals surface area contributed by atoms with Crippen LogP contribution in [0.5, 0.6) is 0 Å². The van der Waals surface area contributed by atoms with E-state index in [0.717, 1.165) is 9.79 Å². The van der Waals surface area contributed by atoms with E-state index in [0.29, 0.717) is 5.69 Å². The predicted octanol–water partition coefficient (Wildman–Crippen LogP) is 3.33. The Morgan fingerprint density at radius 2 is 1.71 bits per heavy atom. The van der Waals surface area contributed by atoms with E-state index in [1.54, 1.807) is 12.1 Å². The van der Waals surface area contributed by atoms with Crippen LogP contribution in [0.2, 0.25) is 0 Å². The first-order chi connectivity index (χ1) is 8.16. The van der Waals surface area contributed by atoms with Crippen LogP contribution in [0, 0.1) is 10.1 Å². The van der Waals surface area contributed by atoms with Crippen molar-refractivity contribution >= 4 is 23.1 Å². The monoisotopic (exact) mass is 246 g/mol. The van der Waals surface area contributed by atoms with E-state index >= 15 is 0 Å². The van der Waals surface area contributed by atoms with E-state index in [-0.39, 0.29) is 5.69 Å². The number of hydrogen-bond acceptors (Lipinski definition) is 4. The average molecular weight is 246 g/mol. The molecule has 0 saturated heterocycles. The third-order valence-electron chi connectivity index (χ3n) is 2.19. The number of nitrogens with two attached hydrogens (primary N) is 1. The van der Waals surface area contributed by atoms with Crippen LogP contribution < -0.4 is 5.73 Å². The van der Waals surface area contributed by atoms with Crippen molar-refractivity contribution in [3.05, 3.63) is 58.6 Å². The summed E-state index contributed by atoms with van der Waals surface area (Å²) in [7, 11) is 0. The smallest absolute Gasteiger partial charge is 0.269 e. The summed E-state index contributed by atoms with van der Waals surface area (Å²) in [4.78, 5) is 12.0. The highest BCUT2D eigenvalue weighted by molar-refractivity contribution is 7.99. The summed E-state index contributed by atoms with van der Waals surface area (Å²) in [5.74, 6) is 0. The lowest BCUT2D eigenvalue weighted by molar-refractivity contribution is -0.384. The van der Waals surface area contributed by atoms with Crippen molar-refractivity contribution < 1.29 is 4.92 Å². The predicted molar refractivity (Wildman–Crippen MR) is 68.1 cm³/mol. The number of hydrogen-bond donors (Lipinski definition) is 1. The molecule has 4 nitrogen and oxygen atoms in total. The highest BCUT2D eigenvalue weighted by Gasteiger charge is 2.05. The molecule has 0 bridgehead atoms. The molecule has 0 aliphatic heterocycles. The van der Waals surface area contributed by atoms with Gasteiger partial charge in [0, 0.05) is 27.6 Å². The molecule has 86 valence electrons. The Balaban J connectivity index is 2.20. The van der Waals surface area contributed by atoms with Crippen LogP contribution in [0.3, 0.4) is 0 Å². The standard InChI is InChI=1S/C12H10N2O2S/c13-11-3-1-2-4-12(11)17-10-7-5-9(6-8-10)14(15)16/h1-8H,13H2. The normalized spacial score (nSPS) is 10.1. The van der Waals surface area contributed by atoms with Gasteiger partial charge < -0.3 is 5.73 Å². The van der Waals surface area contributed by atoms with Crippen LogP contribution in [0.15, 0.2) is 58.3 Å². The zero-order chi connectivity index (χ0) is 12.3. The zero-order valence-electron chi connectivity index (χ0n) is 8.87. The number of non-ortho nitro benzene ring substituents is 1. The fourth-order valence-electron chi connectivity index (χ4n) is 1.34. The van der Waals surface area contributed by atoms with Crippen molar-refractivity contribution in [1.29, 1.82) is 0 Å². The molecule has 5 heteroatoms. The van der Waals surface area contributed by atoms with Gasteiger partial charge in [0.2, 0.25) is 0 Å². The van der Waals surface area contributed by atoms with Crippen LogP contribution in [-0.4, -0.2) is 4.92 Å². The fourth-order valence-corrected chi connectivity index (χ4v) is 2.19. The van der Waals surface area contributed by atoms with E-state index in [4.69, 9.17) is 5.73 Å². The molecular formula is C12H10N2O2S. The molecule has 2 N–H and O–H groups in total. The van der Waals surface area contributed by atoms with Crippen molar-refractivity contribution in [2.75, 3.05) is 5.73 Å². The quantitative estimate of drug-likeness (QED) is 0.512. The van der Waals surface area contributed by atoms with E-state index in [9.17, 15) is 10.1 Å². The lowest BCUT2D eigenvalue weighted by Gasteiger charge is -2.04. The molecule has 0 aliphatic rings. The maximum atomic E-state index is 10.5.